The van der Waals surface area contributed by atoms with Crippen molar-refractivity contribution < 1.29 is 4.79 Å². The van der Waals surface area contributed by atoms with Gasteiger partial charge in [0.2, 0.25) is 0 Å². The molecule has 2 heterocycles. The highest BCUT2D eigenvalue weighted by atomic mass is 32.1. The van der Waals surface area contributed by atoms with Gasteiger partial charge in [-0.25, -0.2) is 0 Å². The number of aromatic nitrogens is 1. The molecule has 2 aromatic heterocycles. The summed E-state index contributed by atoms with van der Waals surface area (Å²) >= 11 is 1.57. The molecule has 16 heavy (non-hydrogen) atoms. The van der Waals surface area contributed by atoms with Crippen LogP contribution in [-0.2, 0) is 11.3 Å². The number of thiophene rings is 1. The van der Waals surface area contributed by atoms with Crippen LogP contribution in [-0.4, -0.2) is 10.4 Å². The third-order valence-electron chi connectivity index (χ3n) is 2.52. The zero-order chi connectivity index (χ0) is 11.5. The lowest BCUT2D eigenvalue weighted by Crippen LogP contribution is -2.19. The summed E-state index contributed by atoms with van der Waals surface area (Å²) in [5.74, 6) is 0.171. The standard InChI is InChI=1S/C12H13NO2S/c1-9(14)3-2-6-13-7-4-11-10(12(13)15)5-8-16-11/h4-5,7-8H,2-3,6H2,1H3. The Morgan fingerprint density at radius 1 is 1.44 bits per heavy atom. The summed E-state index contributed by atoms with van der Waals surface area (Å²) in [4.78, 5) is 22.8. The quantitative estimate of drug-likeness (QED) is 0.816. The second-order valence-electron chi connectivity index (χ2n) is 3.82. The van der Waals surface area contributed by atoms with Crippen molar-refractivity contribution in [1.82, 2.24) is 4.57 Å². The van der Waals surface area contributed by atoms with E-state index in [-0.39, 0.29) is 11.3 Å². The Kier molecular flexibility index (Phi) is 3.19. The fourth-order valence-electron chi connectivity index (χ4n) is 1.68. The highest BCUT2D eigenvalue weighted by molar-refractivity contribution is 7.17. The fraction of sp³-hybridized carbons (Fsp3) is 0.333. The highest BCUT2D eigenvalue weighted by Crippen LogP contribution is 2.16. The molecule has 0 spiro atoms. The van der Waals surface area contributed by atoms with Gasteiger partial charge in [-0.05, 0) is 30.9 Å². The van der Waals surface area contributed by atoms with Crippen LogP contribution in [0, 0.1) is 0 Å². The second kappa shape index (κ2) is 4.61. The first-order valence-electron chi connectivity index (χ1n) is 5.24. The van der Waals surface area contributed by atoms with Crippen LogP contribution in [0.4, 0.5) is 0 Å². The summed E-state index contributed by atoms with van der Waals surface area (Å²) in [5, 5.41) is 2.70. The van der Waals surface area contributed by atoms with Crippen LogP contribution < -0.4 is 5.56 Å². The first-order valence-corrected chi connectivity index (χ1v) is 6.12. The predicted molar refractivity (Wildman–Crippen MR) is 66.0 cm³/mol. The molecule has 0 N–H and O–H groups in total. The summed E-state index contributed by atoms with van der Waals surface area (Å²) in [6.45, 7) is 2.19. The van der Waals surface area contributed by atoms with E-state index in [2.05, 4.69) is 0 Å². The molecular formula is C12H13NO2S. The molecular weight excluding hydrogens is 222 g/mol. The lowest BCUT2D eigenvalue weighted by molar-refractivity contribution is -0.117. The number of ketones is 1. The average molecular weight is 235 g/mol. The van der Waals surface area contributed by atoms with Crippen LogP contribution in [0.5, 0.6) is 0 Å². The van der Waals surface area contributed by atoms with E-state index in [1.807, 2.05) is 17.5 Å². The molecule has 0 unspecified atom stereocenters. The minimum Gasteiger partial charge on any atom is -0.315 e. The Morgan fingerprint density at radius 3 is 3.00 bits per heavy atom. The number of Topliss-reactive ketones (excluding diaryl/α,β-unsaturated/α-hetero) is 1. The average Bonchev–Trinajstić information content (AvgIpc) is 2.69. The Bertz CT molecular complexity index is 568. The summed E-state index contributed by atoms with van der Waals surface area (Å²) in [7, 11) is 0. The first kappa shape index (κ1) is 11.1. The predicted octanol–water partition coefficient (Wildman–Crippen LogP) is 2.43. The molecule has 84 valence electrons. The van der Waals surface area contributed by atoms with Gasteiger partial charge in [0.1, 0.15) is 5.78 Å². The smallest absolute Gasteiger partial charge is 0.259 e. The second-order valence-corrected chi connectivity index (χ2v) is 4.77. The number of nitrogens with zero attached hydrogens (tertiary/aromatic N) is 1. The van der Waals surface area contributed by atoms with Crippen molar-refractivity contribution in [1.29, 1.82) is 0 Å². The molecule has 0 aliphatic heterocycles. The van der Waals surface area contributed by atoms with Crippen LogP contribution in [0.3, 0.4) is 0 Å². The van der Waals surface area contributed by atoms with E-state index < -0.39 is 0 Å². The van der Waals surface area contributed by atoms with Gasteiger partial charge >= 0.3 is 0 Å². The monoisotopic (exact) mass is 235 g/mol. The van der Waals surface area contributed by atoms with Gasteiger partial charge in [-0.2, -0.15) is 0 Å². The minimum atomic E-state index is 0.0438. The van der Waals surface area contributed by atoms with Crippen LogP contribution >= 0.6 is 11.3 Å². The number of aryl methyl sites for hydroxylation is 1. The van der Waals surface area contributed by atoms with E-state index in [1.165, 1.54) is 0 Å². The first-order chi connectivity index (χ1) is 7.68. The maximum Gasteiger partial charge on any atom is 0.259 e. The number of hydrogen-bond donors (Lipinski definition) is 0. The number of carbonyl (C=O) groups excluding carboxylic acids is 1. The van der Waals surface area contributed by atoms with Crippen LogP contribution in [0.2, 0.25) is 0 Å². The zero-order valence-electron chi connectivity index (χ0n) is 9.10. The van der Waals surface area contributed by atoms with Crippen molar-refractivity contribution in [3.8, 4) is 0 Å². The number of pyridine rings is 1. The van der Waals surface area contributed by atoms with Crippen LogP contribution in [0.1, 0.15) is 19.8 Å². The lowest BCUT2D eigenvalue weighted by Gasteiger charge is -2.04. The number of rotatable bonds is 4. The van der Waals surface area contributed by atoms with E-state index >= 15 is 0 Å². The van der Waals surface area contributed by atoms with Gasteiger partial charge in [0.25, 0.3) is 5.56 Å². The summed E-state index contributed by atoms with van der Waals surface area (Å²) in [6.07, 6.45) is 3.07. The van der Waals surface area contributed by atoms with Crippen molar-refractivity contribution in [2.75, 3.05) is 0 Å². The van der Waals surface area contributed by atoms with Crippen molar-refractivity contribution in [2.45, 2.75) is 26.3 Å². The molecule has 2 rings (SSSR count). The van der Waals surface area contributed by atoms with E-state index in [4.69, 9.17) is 0 Å². The molecule has 4 heteroatoms. The SMILES string of the molecule is CC(=O)CCCn1ccc2sccc2c1=O. The van der Waals surface area contributed by atoms with Crippen LogP contribution in [0.15, 0.2) is 28.5 Å². The Hall–Kier alpha value is -1.42. The van der Waals surface area contributed by atoms with Gasteiger partial charge in [-0.1, -0.05) is 0 Å². The van der Waals surface area contributed by atoms with Crippen molar-refractivity contribution in [3.05, 3.63) is 34.1 Å². The van der Waals surface area contributed by atoms with Gasteiger partial charge in [-0.3, -0.25) is 4.79 Å². The molecule has 0 aliphatic rings. The zero-order valence-corrected chi connectivity index (χ0v) is 9.92. The topological polar surface area (TPSA) is 39.1 Å². The van der Waals surface area contributed by atoms with E-state index in [1.54, 1.807) is 29.0 Å². The third-order valence-corrected chi connectivity index (χ3v) is 3.40. The van der Waals surface area contributed by atoms with E-state index in [0.29, 0.717) is 13.0 Å². The van der Waals surface area contributed by atoms with Gasteiger partial charge in [-0.15, -0.1) is 11.3 Å². The molecule has 0 aliphatic carbocycles. The molecule has 3 nitrogen and oxygen atoms in total. The molecule has 0 amide bonds. The molecule has 0 saturated heterocycles. The van der Waals surface area contributed by atoms with E-state index in [0.717, 1.165) is 16.5 Å². The molecule has 0 aromatic carbocycles. The molecule has 0 atom stereocenters. The summed E-state index contributed by atoms with van der Waals surface area (Å²) in [5.41, 5.74) is 0.0438. The Morgan fingerprint density at radius 2 is 2.25 bits per heavy atom. The van der Waals surface area contributed by atoms with Crippen molar-refractivity contribution >= 4 is 27.2 Å². The van der Waals surface area contributed by atoms with Gasteiger partial charge < -0.3 is 9.36 Å². The van der Waals surface area contributed by atoms with Gasteiger partial charge in [0, 0.05) is 23.9 Å². The van der Waals surface area contributed by atoms with E-state index in [9.17, 15) is 9.59 Å². The van der Waals surface area contributed by atoms with Gasteiger partial charge in [0.15, 0.2) is 0 Å². The highest BCUT2D eigenvalue weighted by Gasteiger charge is 2.03. The number of fused-ring (bicyclic) bond motifs is 1. The maximum atomic E-state index is 11.9. The Labute approximate surface area is 97.3 Å². The lowest BCUT2D eigenvalue weighted by atomic mass is 10.2. The Balaban J connectivity index is 2.21. The van der Waals surface area contributed by atoms with Crippen molar-refractivity contribution in [2.24, 2.45) is 0 Å². The minimum absolute atomic E-state index is 0.0438. The normalized spacial score (nSPS) is 10.8. The molecule has 0 radical (unpaired) electrons. The largest absolute Gasteiger partial charge is 0.315 e. The molecule has 0 fully saturated rings. The third kappa shape index (κ3) is 2.22. The molecule has 0 bridgehead atoms. The summed E-state index contributed by atoms with van der Waals surface area (Å²) < 4.78 is 2.70. The fourth-order valence-corrected chi connectivity index (χ4v) is 2.45. The van der Waals surface area contributed by atoms with Gasteiger partial charge in [0.05, 0.1) is 5.39 Å². The maximum absolute atomic E-state index is 11.9. The summed E-state index contributed by atoms with van der Waals surface area (Å²) in [6, 6.07) is 3.80. The van der Waals surface area contributed by atoms with Crippen LogP contribution in [0.25, 0.3) is 10.1 Å². The number of carbonyl (C=O) groups is 1. The van der Waals surface area contributed by atoms with Crippen molar-refractivity contribution in [3.63, 3.8) is 0 Å². The molecule has 0 saturated carbocycles. The number of hydrogen-bond acceptors (Lipinski definition) is 3. The molecule has 2 aromatic rings.